The molecule has 0 saturated heterocycles. The first kappa shape index (κ1) is 15.2. The van der Waals surface area contributed by atoms with E-state index in [9.17, 15) is 14.1 Å². The van der Waals surface area contributed by atoms with Crippen LogP contribution in [-0.4, -0.2) is 43.9 Å². The zero-order valence-electron chi connectivity index (χ0n) is 7.94. The van der Waals surface area contributed by atoms with Crippen molar-refractivity contribution in [3.63, 3.8) is 0 Å². The van der Waals surface area contributed by atoms with E-state index >= 15 is 0 Å². The van der Waals surface area contributed by atoms with Crippen molar-refractivity contribution < 1.29 is 14.1 Å². The van der Waals surface area contributed by atoms with Gasteiger partial charge in [0.05, 0.1) is 52.3 Å². The van der Waals surface area contributed by atoms with Crippen molar-refractivity contribution in [3.8, 4) is 0 Å². The molecule has 0 aromatic carbocycles. The van der Waals surface area contributed by atoms with Crippen LogP contribution in [0.1, 0.15) is 0 Å². The van der Waals surface area contributed by atoms with Gasteiger partial charge in [0.2, 0.25) is 5.91 Å². The Hall–Kier alpha value is 0.190. The molecule has 0 N–H and O–H groups in total. The number of nitrogens with zero attached hydrogens (tertiary/aromatic N) is 3. The van der Waals surface area contributed by atoms with Gasteiger partial charge in [-0.1, -0.05) is 6.67 Å². The molecule has 0 aliphatic heterocycles. The maximum absolute atomic E-state index is 12.9. The number of rotatable bonds is 6. The summed E-state index contributed by atoms with van der Waals surface area (Å²) in [5.74, 6) is -0.330. The maximum Gasteiger partial charge on any atom is 0.246 e. The lowest BCUT2D eigenvalue weighted by molar-refractivity contribution is -0.126. The molecular weight excluding hydrogens is 431 g/mol. The predicted molar refractivity (Wildman–Crippen MR) is 70.5 cm³/mol. The summed E-state index contributed by atoms with van der Waals surface area (Å²) in [6, 6.07) is 0. The number of carbonyl (C=O) groups excluding carboxylic acids is 2. The number of halogens is 3. The predicted octanol–water partition coefficient (Wildman–Crippen LogP) is 1.30. The van der Waals surface area contributed by atoms with E-state index in [-0.39, 0.29) is 19.0 Å². The molecule has 0 aromatic rings. The first-order chi connectivity index (χ1) is 6.99. The molecule has 0 fully saturated rings. The number of hydrogen-bond donors (Lipinski definition) is 0. The number of hydrazine groups is 1. The van der Waals surface area contributed by atoms with Crippen molar-refractivity contribution in [1.29, 1.82) is 0 Å². The molecular formula is C7H10FI2N3O2. The largest absolute Gasteiger partial charge is 0.341 e. The van der Waals surface area contributed by atoms with Gasteiger partial charge in [-0.2, -0.15) is 0 Å². The molecule has 0 rings (SSSR count). The number of amides is 1. The smallest absolute Gasteiger partial charge is 0.246 e. The first-order valence-electron chi connectivity index (χ1n) is 3.91. The maximum atomic E-state index is 12.9. The second kappa shape index (κ2) is 8.35. The minimum absolute atomic E-state index is 0.0725. The molecule has 0 aliphatic rings. The average Bonchev–Trinajstić information content (AvgIpc) is 2.21. The summed E-state index contributed by atoms with van der Waals surface area (Å²) in [7, 11) is 1.54. The molecule has 0 unspecified atom stereocenters. The van der Waals surface area contributed by atoms with E-state index < -0.39 is 0 Å². The molecule has 0 aliphatic carbocycles. The highest BCUT2D eigenvalue weighted by molar-refractivity contribution is 14.2. The van der Waals surface area contributed by atoms with E-state index in [0.29, 0.717) is 11.5 Å². The molecule has 0 spiro atoms. The zero-order valence-corrected chi connectivity index (χ0v) is 12.3. The molecule has 0 bridgehead atoms. The lowest BCUT2D eigenvalue weighted by Gasteiger charge is -2.19. The summed E-state index contributed by atoms with van der Waals surface area (Å²) >= 11 is 3.52. The van der Waals surface area contributed by atoms with Gasteiger partial charge in [0, 0.05) is 19.7 Å². The van der Waals surface area contributed by atoms with Crippen LogP contribution in [0.25, 0.3) is 0 Å². The Balaban J connectivity index is 3.92. The van der Waals surface area contributed by atoms with Crippen molar-refractivity contribution in [1.82, 2.24) is 11.6 Å². The molecule has 0 heterocycles. The molecule has 15 heavy (non-hydrogen) atoms. The summed E-state index contributed by atoms with van der Waals surface area (Å²) < 4.78 is 14.2. The Kier molecular flexibility index (Phi) is 8.46. The minimum atomic E-state index is -0.330. The number of likely N-dealkylation sites (N-methyl/N-ethyl adjacent to an activating group) is 1. The van der Waals surface area contributed by atoms with Crippen molar-refractivity contribution >= 4 is 57.9 Å². The number of aldehydes is 1. The van der Waals surface area contributed by atoms with Gasteiger partial charge in [0.1, 0.15) is 6.29 Å². The third-order valence-corrected chi connectivity index (χ3v) is 2.41. The van der Waals surface area contributed by atoms with Crippen LogP contribution in [0, 0.1) is 0 Å². The van der Waals surface area contributed by atoms with E-state index in [1.165, 1.54) is 13.4 Å². The number of carbonyl (C=O) groups is 2. The van der Waals surface area contributed by atoms with Crippen molar-refractivity contribution in [2.24, 2.45) is 0 Å². The van der Waals surface area contributed by atoms with Gasteiger partial charge >= 0.3 is 0 Å². The fourth-order valence-electron chi connectivity index (χ4n) is 0.667. The van der Waals surface area contributed by atoms with Crippen LogP contribution < -0.4 is 0 Å². The quantitative estimate of drug-likeness (QED) is 0.205. The number of allylic oxidation sites excluding steroid dienone is 1. The van der Waals surface area contributed by atoms with Gasteiger partial charge < -0.3 is 4.90 Å². The molecule has 8 heteroatoms. The molecule has 0 radical (unpaired) electrons. The van der Waals surface area contributed by atoms with Crippen LogP contribution in [0.15, 0.2) is 12.2 Å². The van der Waals surface area contributed by atoms with Crippen LogP contribution in [0.3, 0.4) is 0 Å². The SMILES string of the molecule is CN(CCN(F)N(I)I)C(=O)/C=C\C=O. The van der Waals surface area contributed by atoms with Crippen LogP contribution in [0.4, 0.5) is 4.48 Å². The summed E-state index contributed by atoms with van der Waals surface area (Å²) in [6.45, 7) is 0.310. The van der Waals surface area contributed by atoms with Gasteiger partial charge in [-0.25, -0.2) is 0 Å². The first-order valence-corrected chi connectivity index (χ1v) is 5.84. The fourth-order valence-corrected chi connectivity index (χ4v) is 1.10. The van der Waals surface area contributed by atoms with Gasteiger partial charge in [0.15, 0.2) is 0 Å². The molecule has 1 amide bonds. The van der Waals surface area contributed by atoms with Crippen molar-refractivity contribution in [2.45, 2.75) is 0 Å². The lowest BCUT2D eigenvalue weighted by atomic mass is 10.4. The number of hydrogen-bond acceptors (Lipinski definition) is 4. The van der Waals surface area contributed by atoms with E-state index in [1.807, 2.05) is 0 Å². The molecule has 86 valence electrons. The van der Waals surface area contributed by atoms with Crippen molar-refractivity contribution in [2.75, 3.05) is 20.1 Å². The standard InChI is InChI=1S/C7H10FI2N3O2/c1-11(7(15)3-2-6-14)4-5-12(8)13(9)10/h2-3,6H,4-5H2,1H3/b3-2-. The Morgan fingerprint density at radius 2 is 2.00 bits per heavy atom. The normalized spacial score (nSPS) is 11.3. The summed E-state index contributed by atoms with van der Waals surface area (Å²) in [5.41, 5.74) is 0. The Bertz CT molecular complexity index is 250. The van der Waals surface area contributed by atoms with Gasteiger partial charge in [0.25, 0.3) is 0 Å². The lowest BCUT2D eigenvalue weighted by Crippen LogP contribution is -2.34. The summed E-state index contributed by atoms with van der Waals surface area (Å²) in [6.07, 6.45) is 2.76. The van der Waals surface area contributed by atoms with Crippen molar-refractivity contribution in [3.05, 3.63) is 12.2 Å². The van der Waals surface area contributed by atoms with Gasteiger partial charge in [-0.05, 0) is 6.08 Å². The average molecular weight is 441 g/mol. The monoisotopic (exact) mass is 441 g/mol. The topological polar surface area (TPSA) is 43.9 Å². The highest BCUT2D eigenvalue weighted by atomic mass is 127. The Morgan fingerprint density at radius 1 is 1.40 bits per heavy atom. The van der Waals surface area contributed by atoms with Crippen LogP contribution in [0.2, 0.25) is 0 Å². The van der Waals surface area contributed by atoms with E-state index in [0.717, 1.165) is 12.2 Å². The van der Waals surface area contributed by atoms with Crippen LogP contribution >= 0.6 is 45.7 Å². The highest BCUT2D eigenvalue weighted by Gasteiger charge is 2.11. The third-order valence-electron chi connectivity index (χ3n) is 1.48. The highest BCUT2D eigenvalue weighted by Crippen LogP contribution is 2.12. The summed E-state index contributed by atoms with van der Waals surface area (Å²) in [5, 5.41) is 0.467. The van der Waals surface area contributed by atoms with Gasteiger partial charge in [-0.3, -0.25) is 9.59 Å². The fraction of sp³-hybridized carbons (Fsp3) is 0.429. The zero-order chi connectivity index (χ0) is 11.8. The summed E-state index contributed by atoms with van der Waals surface area (Å²) in [4.78, 5) is 22.5. The second-order valence-corrected chi connectivity index (χ2v) is 6.20. The Morgan fingerprint density at radius 3 is 2.47 bits per heavy atom. The van der Waals surface area contributed by atoms with E-state index in [2.05, 4.69) is 0 Å². The second-order valence-electron chi connectivity index (χ2n) is 2.53. The van der Waals surface area contributed by atoms with E-state index in [4.69, 9.17) is 0 Å². The molecule has 0 saturated carbocycles. The van der Waals surface area contributed by atoms with Crippen LogP contribution in [-0.2, 0) is 9.59 Å². The minimum Gasteiger partial charge on any atom is -0.341 e. The molecule has 0 atom stereocenters. The third kappa shape index (κ3) is 7.14. The van der Waals surface area contributed by atoms with Gasteiger partial charge in [-0.15, -0.1) is 4.48 Å². The van der Waals surface area contributed by atoms with Crippen LogP contribution in [0.5, 0.6) is 0 Å². The van der Waals surface area contributed by atoms with E-state index in [1.54, 1.807) is 45.7 Å². The Labute approximate surface area is 115 Å². The molecule has 0 aromatic heterocycles. The molecule has 5 nitrogen and oxygen atoms in total.